The lowest BCUT2D eigenvalue weighted by atomic mass is 10.2. The Morgan fingerprint density at radius 2 is 1.80 bits per heavy atom. The number of benzene rings is 2. The zero-order chi connectivity index (χ0) is 18.0. The van der Waals surface area contributed by atoms with Gasteiger partial charge in [0.15, 0.2) is 0 Å². The first kappa shape index (κ1) is 16.8. The molecule has 0 radical (unpaired) electrons. The fourth-order valence-corrected chi connectivity index (χ4v) is 2.98. The van der Waals surface area contributed by atoms with E-state index in [0.29, 0.717) is 23.4 Å². The highest BCUT2D eigenvalue weighted by atomic mass is 16.6. The highest BCUT2D eigenvalue weighted by molar-refractivity contribution is 5.94. The number of hydrogen-bond donors (Lipinski definition) is 0. The van der Waals surface area contributed by atoms with Gasteiger partial charge in [-0.2, -0.15) is 0 Å². The molecule has 0 aliphatic carbocycles. The summed E-state index contributed by atoms with van der Waals surface area (Å²) in [5.41, 5.74) is 2.29. The maximum Gasteiger partial charge on any atom is 0.298 e. The Kier molecular flexibility index (Phi) is 4.61. The predicted molar refractivity (Wildman–Crippen MR) is 97.0 cm³/mol. The Balaban J connectivity index is 2.23. The molecule has 1 heterocycles. The van der Waals surface area contributed by atoms with Crippen molar-refractivity contribution in [2.75, 3.05) is 13.7 Å². The first-order chi connectivity index (χ1) is 12.1. The topological polar surface area (TPSA) is 66.5 Å². The molecule has 2 aromatic carbocycles. The Bertz CT molecular complexity index is 913. The molecule has 0 atom stereocenters. The number of nitrogens with zero attached hydrogens (tertiary/aromatic N) is 2. The van der Waals surface area contributed by atoms with E-state index in [1.165, 1.54) is 0 Å². The van der Waals surface area contributed by atoms with Crippen molar-refractivity contribution in [2.45, 2.75) is 20.3 Å². The minimum absolute atomic E-state index is 0.118. The van der Waals surface area contributed by atoms with Crippen LogP contribution in [-0.2, 0) is 0 Å². The van der Waals surface area contributed by atoms with Gasteiger partial charge in [-0.25, -0.2) is 0 Å². The smallest absolute Gasteiger partial charge is 0.298 e. The first-order valence-electron chi connectivity index (χ1n) is 8.13. The summed E-state index contributed by atoms with van der Waals surface area (Å²) in [6, 6.07) is 12.8. The maximum atomic E-state index is 11.6. The molecule has 0 amide bonds. The lowest BCUT2D eigenvalue weighted by Gasteiger charge is -2.10. The van der Waals surface area contributed by atoms with Crippen molar-refractivity contribution in [3.8, 4) is 17.2 Å². The molecule has 0 saturated carbocycles. The number of rotatable bonds is 6. The van der Waals surface area contributed by atoms with E-state index in [9.17, 15) is 10.1 Å². The van der Waals surface area contributed by atoms with E-state index in [0.717, 1.165) is 23.4 Å². The molecule has 130 valence electrons. The highest BCUT2D eigenvalue weighted by Crippen LogP contribution is 2.37. The second kappa shape index (κ2) is 6.84. The molecule has 0 unspecified atom stereocenters. The Labute approximate surface area is 145 Å². The Morgan fingerprint density at radius 3 is 2.40 bits per heavy atom. The van der Waals surface area contributed by atoms with Crippen LogP contribution >= 0.6 is 0 Å². The van der Waals surface area contributed by atoms with Crippen LogP contribution in [0.2, 0.25) is 0 Å². The van der Waals surface area contributed by atoms with E-state index in [1.54, 1.807) is 26.2 Å². The van der Waals surface area contributed by atoms with Crippen LogP contribution in [0, 0.1) is 17.0 Å². The summed E-state index contributed by atoms with van der Waals surface area (Å²) in [5, 5.41) is 12.2. The van der Waals surface area contributed by atoms with Gasteiger partial charge in [0.1, 0.15) is 11.5 Å². The van der Waals surface area contributed by atoms with E-state index < -0.39 is 0 Å². The van der Waals surface area contributed by atoms with Crippen molar-refractivity contribution in [2.24, 2.45) is 0 Å². The fourth-order valence-electron chi connectivity index (χ4n) is 2.98. The minimum atomic E-state index is -0.329. The Morgan fingerprint density at radius 1 is 1.12 bits per heavy atom. The Hall–Kier alpha value is -3.02. The van der Waals surface area contributed by atoms with E-state index in [1.807, 2.05) is 41.8 Å². The largest absolute Gasteiger partial charge is 0.497 e. The number of hydrogen-bond acceptors (Lipinski definition) is 4. The van der Waals surface area contributed by atoms with E-state index in [4.69, 9.17) is 9.47 Å². The average Bonchev–Trinajstić information content (AvgIpc) is 2.91. The van der Waals surface area contributed by atoms with Crippen LogP contribution < -0.4 is 9.47 Å². The molecular weight excluding hydrogens is 320 g/mol. The fraction of sp³-hybridized carbons (Fsp3) is 0.263. The van der Waals surface area contributed by atoms with E-state index >= 15 is 0 Å². The number of ether oxygens (including phenoxy) is 2. The summed E-state index contributed by atoms with van der Waals surface area (Å²) < 4.78 is 12.8. The van der Waals surface area contributed by atoms with Crippen molar-refractivity contribution in [1.82, 2.24) is 4.57 Å². The van der Waals surface area contributed by atoms with Crippen molar-refractivity contribution in [1.29, 1.82) is 0 Å². The standard InChI is InChI=1S/C19H20N2O4/c1-4-11-25-16-9-10-17-18(12-16)20(13(2)19(17)21(22)23)14-5-7-15(24-3)8-6-14/h5-10,12H,4,11H2,1-3H3. The van der Waals surface area contributed by atoms with Crippen LogP contribution in [0.1, 0.15) is 19.0 Å². The maximum absolute atomic E-state index is 11.6. The van der Waals surface area contributed by atoms with Crippen molar-refractivity contribution >= 4 is 16.6 Å². The summed E-state index contributed by atoms with van der Waals surface area (Å²) >= 11 is 0. The van der Waals surface area contributed by atoms with E-state index in [-0.39, 0.29) is 10.6 Å². The van der Waals surface area contributed by atoms with E-state index in [2.05, 4.69) is 0 Å². The molecule has 6 heteroatoms. The van der Waals surface area contributed by atoms with Crippen LogP contribution in [0.3, 0.4) is 0 Å². The third-order valence-corrected chi connectivity index (χ3v) is 4.13. The third-order valence-electron chi connectivity index (χ3n) is 4.13. The average molecular weight is 340 g/mol. The molecule has 25 heavy (non-hydrogen) atoms. The summed E-state index contributed by atoms with van der Waals surface area (Å²) in [6.07, 6.45) is 0.900. The summed E-state index contributed by atoms with van der Waals surface area (Å²) in [7, 11) is 1.60. The first-order valence-corrected chi connectivity index (χ1v) is 8.13. The van der Waals surface area contributed by atoms with Gasteiger partial charge in [0.05, 0.1) is 35.2 Å². The van der Waals surface area contributed by atoms with Crippen molar-refractivity contribution in [3.05, 3.63) is 58.3 Å². The molecule has 0 aliphatic rings. The monoisotopic (exact) mass is 340 g/mol. The minimum Gasteiger partial charge on any atom is -0.497 e. The predicted octanol–water partition coefficient (Wildman–Crippen LogP) is 4.64. The molecule has 0 saturated heterocycles. The molecule has 6 nitrogen and oxygen atoms in total. The van der Waals surface area contributed by atoms with Gasteiger partial charge in [0.2, 0.25) is 0 Å². The van der Waals surface area contributed by atoms with Gasteiger partial charge < -0.3 is 14.0 Å². The molecule has 1 aromatic heterocycles. The molecule has 3 rings (SSSR count). The van der Waals surface area contributed by atoms with Crippen molar-refractivity contribution in [3.63, 3.8) is 0 Å². The highest BCUT2D eigenvalue weighted by Gasteiger charge is 2.24. The van der Waals surface area contributed by atoms with Gasteiger partial charge in [-0.15, -0.1) is 0 Å². The summed E-state index contributed by atoms with van der Waals surface area (Å²) in [5.74, 6) is 1.44. The molecule has 0 aliphatic heterocycles. The normalized spacial score (nSPS) is 10.8. The molecule has 3 aromatic rings. The van der Waals surface area contributed by atoms with Crippen LogP contribution in [0.25, 0.3) is 16.6 Å². The lowest BCUT2D eigenvalue weighted by molar-refractivity contribution is -0.383. The summed E-state index contributed by atoms with van der Waals surface area (Å²) in [4.78, 5) is 11.2. The second-order valence-electron chi connectivity index (χ2n) is 5.75. The number of nitro groups is 1. The van der Waals surface area contributed by atoms with Crippen LogP contribution in [0.5, 0.6) is 11.5 Å². The molecule has 0 bridgehead atoms. The number of methoxy groups -OCH3 is 1. The zero-order valence-corrected chi connectivity index (χ0v) is 14.5. The lowest BCUT2D eigenvalue weighted by Crippen LogP contribution is -1.99. The SMILES string of the molecule is CCCOc1ccc2c([N+](=O)[O-])c(C)n(-c3ccc(OC)cc3)c2c1. The number of fused-ring (bicyclic) bond motifs is 1. The molecular formula is C19H20N2O4. The molecule has 0 N–H and O–H groups in total. The second-order valence-corrected chi connectivity index (χ2v) is 5.75. The molecule has 0 spiro atoms. The van der Waals surface area contributed by atoms with Gasteiger partial charge in [-0.3, -0.25) is 10.1 Å². The number of aromatic nitrogens is 1. The van der Waals surface area contributed by atoms with Gasteiger partial charge >= 0.3 is 0 Å². The van der Waals surface area contributed by atoms with Gasteiger partial charge in [0, 0.05) is 11.8 Å². The van der Waals surface area contributed by atoms with Crippen molar-refractivity contribution < 1.29 is 14.4 Å². The van der Waals surface area contributed by atoms with Crippen LogP contribution in [-0.4, -0.2) is 23.2 Å². The quantitative estimate of drug-likeness (QED) is 0.484. The zero-order valence-electron chi connectivity index (χ0n) is 14.5. The van der Waals surface area contributed by atoms with Gasteiger partial charge in [-0.05, 0) is 49.7 Å². The third kappa shape index (κ3) is 3.03. The van der Waals surface area contributed by atoms with Crippen LogP contribution in [0.15, 0.2) is 42.5 Å². The van der Waals surface area contributed by atoms with Gasteiger partial charge in [-0.1, -0.05) is 6.92 Å². The van der Waals surface area contributed by atoms with Gasteiger partial charge in [0.25, 0.3) is 5.69 Å². The molecule has 0 fully saturated rings. The summed E-state index contributed by atoms with van der Waals surface area (Å²) in [6.45, 7) is 4.40. The van der Waals surface area contributed by atoms with Crippen LogP contribution in [0.4, 0.5) is 5.69 Å².